The summed E-state index contributed by atoms with van der Waals surface area (Å²) in [5, 5.41) is 10.4. The molecule has 0 saturated heterocycles. The molecular weight excluding hydrogens is 374 g/mol. The van der Waals surface area contributed by atoms with E-state index in [1.165, 1.54) is 28.6 Å². The Bertz CT molecular complexity index is 1140. The molecule has 0 bridgehead atoms. The van der Waals surface area contributed by atoms with Crippen molar-refractivity contribution in [2.45, 2.75) is 56.9 Å². The molecule has 0 saturated carbocycles. The Kier molecular flexibility index (Phi) is 4.83. The van der Waals surface area contributed by atoms with Crippen LogP contribution in [0.5, 0.6) is 0 Å². The summed E-state index contributed by atoms with van der Waals surface area (Å²) in [6.45, 7) is 5.90. The van der Waals surface area contributed by atoms with Gasteiger partial charge >= 0.3 is 0 Å². The van der Waals surface area contributed by atoms with Gasteiger partial charge in [-0.1, -0.05) is 29.5 Å². The van der Waals surface area contributed by atoms with Gasteiger partial charge < -0.3 is 0 Å². The molecule has 4 rings (SSSR count). The summed E-state index contributed by atoms with van der Waals surface area (Å²) in [6.07, 6.45) is 4.30. The zero-order chi connectivity index (χ0) is 19.1. The molecule has 3 aromatic rings. The highest BCUT2D eigenvalue weighted by atomic mass is 32.2. The van der Waals surface area contributed by atoms with Gasteiger partial charge in [-0.2, -0.15) is 5.26 Å². The number of hydrogen-bond donors (Lipinski definition) is 0. The minimum absolute atomic E-state index is 0.000933. The minimum atomic E-state index is -0.277. The van der Waals surface area contributed by atoms with Gasteiger partial charge in [0.15, 0.2) is 5.16 Å². The molecule has 0 N–H and O–H groups in total. The van der Waals surface area contributed by atoms with Gasteiger partial charge in [0.1, 0.15) is 4.83 Å². The smallest absolute Gasteiger partial charge is 0.267 e. The Labute approximate surface area is 166 Å². The summed E-state index contributed by atoms with van der Waals surface area (Å²) < 4.78 is 1.72. The molecule has 0 fully saturated rings. The van der Waals surface area contributed by atoms with Crippen molar-refractivity contribution in [1.82, 2.24) is 9.55 Å². The van der Waals surface area contributed by atoms with Crippen molar-refractivity contribution >= 4 is 33.3 Å². The number of thiophene rings is 1. The van der Waals surface area contributed by atoms with Crippen LogP contribution < -0.4 is 5.56 Å². The number of nitrogens with zero attached hydrogens (tertiary/aromatic N) is 3. The van der Waals surface area contributed by atoms with Gasteiger partial charge in [0.05, 0.1) is 22.4 Å². The summed E-state index contributed by atoms with van der Waals surface area (Å²) in [4.78, 5) is 20.6. The van der Waals surface area contributed by atoms with Crippen molar-refractivity contribution < 1.29 is 0 Å². The maximum absolute atomic E-state index is 13.6. The highest BCUT2D eigenvalue weighted by molar-refractivity contribution is 8.00. The van der Waals surface area contributed by atoms with Crippen molar-refractivity contribution in [3.63, 3.8) is 0 Å². The summed E-state index contributed by atoms with van der Waals surface area (Å²) in [7, 11) is 0. The number of aryl methyl sites for hydroxylation is 4. The first-order valence-corrected chi connectivity index (χ1v) is 10.9. The molecule has 138 valence electrons. The monoisotopic (exact) mass is 395 g/mol. The Morgan fingerprint density at radius 1 is 1.30 bits per heavy atom. The Balaban J connectivity index is 2.04. The third-order valence-corrected chi connectivity index (χ3v) is 7.14. The number of thioether (sulfide) groups is 1. The van der Waals surface area contributed by atoms with Crippen LogP contribution in [0.1, 0.15) is 41.3 Å². The largest absolute Gasteiger partial charge is 0.268 e. The van der Waals surface area contributed by atoms with E-state index in [4.69, 9.17) is 4.98 Å². The van der Waals surface area contributed by atoms with Crippen LogP contribution in [0.25, 0.3) is 15.9 Å². The quantitative estimate of drug-likeness (QED) is 0.465. The van der Waals surface area contributed by atoms with Gasteiger partial charge in [0.25, 0.3) is 5.56 Å². The summed E-state index contributed by atoms with van der Waals surface area (Å²) in [5.74, 6) is 0. The molecule has 1 aromatic carbocycles. The molecule has 0 aliphatic heterocycles. The van der Waals surface area contributed by atoms with Crippen molar-refractivity contribution in [1.29, 1.82) is 5.26 Å². The summed E-state index contributed by atoms with van der Waals surface area (Å²) >= 11 is 3.00. The van der Waals surface area contributed by atoms with E-state index in [0.29, 0.717) is 5.16 Å². The van der Waals surface area contributed by atoms with Crippen LogP contribution in [-0.2, 0) is 12.8 Å². The number of benzene rings is 1. The average Bonchev–Trinajstić information content (AvgIpc) is 3.01. The minimum Gasteiger partial charge on any atom is -0.268 e. The van der Waals surface area contributed by atoms with Crippen LogP contribution in [0.3, 0.4) is 0 Å². The number of rotatable bonds is 3. The predicted octanol–water partition coefficient (Wildman–Crippen LogP) is 4.95. The number of hydrogen-bond acceptors (Lipinski definition) is 5. The fraction of sp³-hybridized carbons (Fsp3) is 0.381. The molecule has 1 aliphatic carbocycles. The second-order valence-electron chi connectivity index (χ2n) is 7.11. The molecule has 6 heteroatoms. The van der Waals surface area contributed by atoms with Crippen LogP contribution in [0.15, 0.2) is 28.2 Å². The van der Waals surface area contributed by atoms with Crippen LogP contribution in [0.4, 0.5) is 0 Å². The second kappa shape index (κ2) is 7.14. The molecule has 0 amide bonds. The Morgan fingerprint density at radius 2 is 2.07 bits per heavy atom. The number of aromatic nitrogens is 2. The van der Waals surface area contributed by atoms with Crippen molar-refractivity contribution in [2.24, 2.45) is 0 Å². The molecule has 27 heavy (non-hydrogen) atoms. The lowest BCUT2D eigenvalue weighted by molar-refractivity contribution is 0.699. The topological polar surface area (TPSA) is 58.7 Å². The maximum atomic E-state index is 13.6. The Hall–Kier alpha value is -2.10. The van der Waals surface area contributed by atoms with E-state index in [2.05, 4.69) is 12.1 Å². The lowest BCUT2D eigenvalue weighted by atomic mass is 9.97. The third kappa shape index (κ3) is 3.19. The van der Waals surface area contributed by atoms with E-state index in [9.17, 15) is 10.1 Å². The Morgan fingerprint density at radius 3 is 2.81 bits per heavy atom. The standard InChI is InChI=1S/C21H21N3OS2/c1-12-8-9-16(13(2)10-12)24-20(25)18-15-6-4-5-7-17(15)27-19(18)23-21(24)26-14(3)11-22/h8-10,14H,4-7H2,1-3H3. The normalized spacial score (nSPS) is 14.7. The maximum Gasteiger partial charge on any atom is 0.267 e. The van der Waals surface area contributed by atoms with E-state index in [1.807, 2.05) is 32.9 Å². The summed E-state index contributed by atoms with van der Waals surface area (Å²) in [5.41, 5.74) is 4.24. The molecule has 1 aliphatic rings. The van der Waals surface area contributed by atoms with Crippen molar-refractivity contribution in [2.75, 3.05) is 0 Å². The van der Waals surface area contributed by atoms with Crippen LogP contribution in [-0.4, -0.2) is 14.8 Å². The third-order valence-electron chi connectivity index (χ3n) is 5.02. The fourth-order valence-electron chi connectivity index (χ4n) is 3.72. The van der Waals surface area contributed by atoms with Gasteiger partial charge in [0.2, 0.25) is 0 Å². The molecule has 2 aromatic heterocycles. The van der Waals surface area contributed by atoms with Crippen molar-refractivity contribution in [3.8, 4) is 11.8 Å². The highest BCUT2D eigenvalue weighted by Gasteiger charge is 2.24. The first-order chi connectivity index (χ1) is 13.0. The van der Waals surface area contributed by atoms with Crippen LogP contribution in [0, 0.1) is 25.2 Å². The van der Waals surface area contributed by atoms with E-state index in [-0.39, 0.29) is 10.8 Å². The predicted molar refractivity (Wildman–Crippen MR) is 112 cm³/mol. The van der Waals surface area contributed by atoms with Crippen molar-refractivity contribution in [3.05, 3.63) is 50.1 Å². The van der Waals surface area contributed by atoms with Crippen LogP contribution >= 0.6 is 23.1 Å². The van der Waals surface area contributed by atoms with E-state index in [1.54, 1.807) is 15.9 Å². The first kappa shape index (κ1) is 18.3. The zero-order valence-electron chi connectivity index (χ0n) is 15.7. The van der Waals surface area contributed by atoms with E-state index >= 15 is 0 Å². The van der Waals surface area contributed by atoms with E-state index in [0.717, 1.165) is 46.3 Å². The second-order valence-corrected chi connectivity index (χ2v) is 9.50. The van der Waals surface area contributed by atoms with Gasteiger partial charge in [-0.3, -0.25) is 9.36 Å². The average molecular weight is 396 g/mol. The van der Waals surface area contributed by atoms with Gasteiger partial charge in [0, 0.05) is 4.88 Å². The molecule has 1 atom stereocenters. The number of nitriles is 1. The first-order valence-electron chi connectivity index (χ1n) is 9.21. The van der Waals surface area contributed by atoms with E-state index < -0.39 is 0 Å². The lowest BCUT2D eigenvalue weighted by Crippen LogP contribution is -2.23. The summed E-state index contributed by atoms with van der Waals surface area (Å²) in [6, 6.07) is 8.33. The van der Waals surface area contributed by atoms with Gasteiger partial charge in [-0.25, -0.2) is 4.98 Å². The van der Waals surface area contributed by atoms with Gasteiger partial charge in [-0.15, -0.1) is 11.3 Å². The fourth-order valence-corrected chi connectivity index (χ4v) is 5.83. The number of fused-ring (bicyclic) bond motifs is 3. The van der Waals surface area contributed by atoms with Gasteiger partial charge in [-0.05, 0) is 63.6 Å². The molecule has 4 nitrogen and oxygen atoms in total. The molecular formula is C21H21N3OS2. The molecule has 0 radical (unpaired) electrons. The lowest BCUT2D eigenvalue weighted by Gasteiger charge is -2.16. The van der Waals surface area contributed by atoms with Crippen LogP contribution in [0.2, 0.25) is 0 Å². The molecule has 0 spiro atoms. The molecule has 1 unspecified atom stereocenters. The molecule has 2 heterocycles. The highest BCUT2D eigenvalue weighted by Crippen LogP contribution is 2.36. The zero-order valence-corrected chi connectivity index (χ0v) is 17.3. The SMILES string of the molecule is Cc1ccc(-n2c(SC(C)C#N)nc3sc4c(c3c2=O)CCCC4)c(C)c1.